The molecule has 0 saturated carbocycles. The van der Waals surface area contributed by atoms with Gasteiger partial charge in [-0.3, -0.25) is 18.7 Å². The summed E-state index contributed by atoms with van der Waals surface area (Å²) in [7, 11) is -11.8. The molecule has 2 aliphatic heterocycles. The molecular formula is C42H42Br4Cl3F10N7O8P2Si. The second-order valence-corrected chi connectivity index (χ2v) is 36.2. The molecule has 0 saturated heterocycles. The van der Waals surface area contributed by atoms with Crippen LogP contribution in [0, 0.1) is 0 Å². The molecule has 0 fully saturated rings. The van der Waals surface area contributed by atoms with Gasteiger partial charge in [-0.05, 0) is 59.0 Å². The third kappa shape index (κ3) is 19.6. The fraction of sp³-hybridized carbons (Fsp3) is 0.381. The van der Waals surface area contributed by atoms with E-state index in [9.17, 15) is 62.6 Å². The average molecular weight is 1480 g/mol. The maximum Gasteiger partial charge on any atom is 0.442 e. The van der Waals surface area contributed by atoms with Crippen molar-refractivity contribution in [2.75, 3.05) is 0 Å². The quantitative estimate of drug-likeness (QED) is 0.0174. The molecule has 8 N–H and O–H groups in total. The van der Waals surface area contributed by atoms with E-state index in [0.717, 1.165) is 54.1 Å². The highest BCUT2D eigenvalue weighted by atomic mass is 79.9. The second-order valence-electron chi connectivity index (χ2n) is 17.3. The van der Waals surface area contributed by atoms with Crippen LogP contribution >= 0.6 is 113 Å². The van der Waals surface area contributed by atoms with Crippen LogP contribution in [0.1, 0.15) is 44.5 Å². The monoisotopic (exact) mass is 1470 g/mol. The first-order valence-electron chi connectivity index (χ1n) is 21.1. The standard InChI is InChI=1S/C29H27BrF7N5O8P2.C9H5Br2F3N2.C3H9BrSi.CHCl3/c30-21-10-17(9-20(13-21)26(41-42-26)29(35,36)37)14-39-23(12-16-3-7-19(8-4-16)28(33,34)52(48,49)50)25(44)40-22(24(38)43)11-15-1-5-18(6-2-15)27(31,32)51(45,46)47;10-4-5-1-6(3-7(11)2-5)8(15-16-8)9(12,13)14;1-5(2,3)4;2-1(3)4/h1-10,13,22-23,39H,11-12,14H2,(H2,38,43)(H,40,44)(H2,45,46,47)(H2,48,49,50);1-3H,4H2;1-3H3;1H/t22-,23-;;;/m0.../s1. The lowest BCUT2D eigenvalue weighted by molar-refractivity contribution is -0.166. The molecule has 426 valence electrons. The number of nitrogens with one attached hydrogen (secondary N) is 2. The highest BCUT2D eigenvalue weighted by molar-refractivity contribution is 9.26. The van der Waals surface area contributed by atoms with Crippen LogP contribution in [0.2, 0.25) is 19.6 Å². The molecule has 4 aromatic carbocycles. The van der Waals surface area contributed by atoms with Crippen molar-refractivity contribution in [3.8, 4) is 0 Å². The molecule has 6 rings (SSSR count). The number of primary amides is 1. The smallest absolute Gasteiger partial charge is 0.368 e. The number of hydrogen-bond acceptors (Lipinski definition) is 9. The largest absolute Gasteiger partial charge is 0.442 e. The number of carbonyl (C=O) groups is 2. The van der Waals surface area contributed by atoms with Crippen molar-refractivity contribution in [1.29, 1.82) is 0 Å². The van der Waals surface area contributed by atoms with Gasteiger partial charge < -0.3 is 35.9 Å². The molecule has 77 heavy (non-hydrogen) atoms. The predicted octanol–water partition coefficient (Wildman–Crippen LogP) is 13.7. The third-order valence-corrected chi connectivity index (χ3v) is 13.6. The Bertz CT molecular complexity index is 2870. The van der Waals surface area contributed by atoms with E-state index in [4.69, 9.17) is 60.1 Å². The minimum absolute atomic E-state index is 0.0452. The second kappa shape index (κ2) is 26.7. The van der Waals surface area contributed by atoms with Crippen LogP contribution in [0.15, 0.2) is 114 Å². The third-order valence-electron chi connectivity index (χ3n) is 10.0. The van der Waals surface area contributed by atoms with Crippen LogP contribution in [-0.2, 0) is 66.1 Å². The van der Waals surface area contributed by atoms with E-state index >= 15 is 0 Å². The zero-order chi connectivity index (χ0) is 59.1. The number of alkyl halides is 14. The zero-order valence-corrected chi connectivity index (χ0v) is 50.7. The van der Waals surface area contributed by atoms with Crippen molar-refractivity contribution in [3.05, 3.63) is 138 Å². The van der Waals surface area contributed by atoms with Crippen molar-refractivity contribution >= 4 is 132 Å². The first kappa shape index (κ1) is 68.9. The van der Waals surface area contributed by atoms with Gasteiger partial charge in [0.2, 0.25) is 11.8 Å². The summed E-state index contributed by atoms with van der Waals surface area (Å²) in [5.74, 6) is -2.06. The van der Waals surface area contributed by atoms with Gasteiger partial charge in [0.05, 0.1) is 6.04 Å². The molecule has 4 aromatic rings. The summed E-state index contributed by atoms with van der Waals surface area (Å²) in [4.78, 5) is 61.9. The molecule has 35 heteroatoms. The Morgan fingerprint density at radius 2 is 0.961 bits per heavy atom. The van der Waals surface area contributed by atoms with Crippen LogP contribution in [0.4, 0.5) is 43.9 Å². The summed E-state index contributed by atoms with van der Waals surface area (Å²) >= 11 is 27.4. The summed E-state index contributed by atoms with van der Waals surface area (Å²) in [5.41, 5.74) is -9.86. The van der Waals surface area contributed by atoms with Crippen LogP contribution in [0.3, 0.4) is 0 Å². The Balaban J connectivity index is 0.000000509. The Morgan fingerprint density at radius 1 is 0.636 bits per heavy atom. The van der Waals surface area contributed by atoms with Crippen molar-refractivity contribution in [2.24, 2.45) is 26.2 Å². The van der Waals surface area contributed by atoms with E-state index in [0.29, 0.717) is 21.9 Å². The van der Waals surface area contributed by atoms with E-state index in [1.54, 1.807) is 6.07 Å². The number of rotatable bonds is 17. The molecular weight excluding hydrogens is 1440 g/mol. The number of benzene rings is 4. The summed E-state index contributed by atoms with van der Waals surface area (Å²) in [5, 5.41) is 18.3. The van der Waals surface area contributed by atoms with E-state index in [-0.39, 0.29) is 45.3 Å². The lowest BCUT2D eigenvalue weighted by Crippen LogP contribution is -2.53. The molecule has 2 amide bonds. The number of carbonyl (C=O) groups excluding carboxylic acids is 2. The molecule has 0 bridgehead atoms. The minimum atomic E-state index is -5.91. The van der Waals surface area contributed by atoms with Gasteiger partial charge in [-0.2, -0.15) is 43.9 Å². The van der Waals surface area contributed by atoms with Gasteiger partial charge in [0.1, 0.15) is 12.7 Å². The summed E-state index contributed by atoms with van der Waals surface area (Å²) in [6.45, 7) is 5.63. The zero-order valence-electron chi connectivity index (χ0n) is 39.3. The fourth-order valence-corrected chi connectivity index (χ4v) is 8.63. The van der Waals surface area contributed by atoms with Gasteiger partial charge in [0, 0.05) is 49.5 Å². The Kier molecular flexibility index (Phi) is 23.8. The van der Waals surface area contributed by atoms with E-state index in [1.165, 1.54) is 18.2 Å². The van der Waals surface area contributed by atoms with E-state index in [2.05, 4.69) is 114 Å². The molecule has 0 radical (unpaired) electrons. The van der Waals surface area contributed by atoms with Gasteiger partial charge in [-0.15, -0.1) is 35.7 Å². The lowest BCUT2D eigenvalue weighted by atomic mass is 9.99. The van der Waals surface area contributed by atoms with Crippen LogP contribution < -0.4 is 16.4 Å². The van der Waals surface area contributed by atoms with Gasteiger partial charge >= 0.3 is 50.2 Å². The maximum absolute atomic E-state index is 14.2. The number of hydrogen-bond donors (Lipinski definition) is 7. The first-order chi connectivity index (χ1) is 34.9. The van der Waals surface area contributed by atoms with Crippen LogP contribution in [-0.4, -0.2) is 66.8 Å². The highest BCUT2D eigenvalue weighted by Crippen LogP contribution is 2.60. The molecule has 2 heterocycles. The van der Waals surface area contributed by atoms with Crippen molar-refractivity contribution < 1.29 is 82.2 Å². The number of halogens is 17. The summed E-state index contributed by atoms with van der Waals surface area (Å²) in [6.07, 6.45) is -10.1. The average Bonchev–Trinajstić information content (AvgIpc) is 4.21. The SMILES string of the molecule is C[Si](C)(C)Br.ClC(Cl)Cl.FC(F)(F)C1(c2cc(Br)cc(CBr)c2)N=N1.NC(=O)[C@H](Cc1ccc(C(F)(F)P(=O)(O)O)cc1)NC(=O)[C@H](Cc1ccc(C(F)(F)P(=O)(O)O)cc1)NCc1cc(Br)cc(C2(C(F)(F)F)N=N2)c1. The normalized spacial score (nSPS) is 15.6. The van der Waals surface area contributed by atoms with Gasteiger partial charge in [-0.25, -0.2) is 0 Å². The number of nitrogens with two attached hydrogens (primary N) is 1. The maximum atomic E-state index is 14.2. The Morgan fingerprint density at radius 3 is 1.26 bits per heavy atom. The van der Waals surface area contributed by atoms with Crippen molar-refractivity contribution in [2.45, 2.75) is 95.7 Å². The lowest BCUT2D eigenvalue weighted by Gasteiger charge is -2.23. The molecule has 2 atom stereocenters. The molecule has 0 aromatic heterocycles. The molecule has 15 nitrogen and oxygen atoms in total. The van der Waals surface area contributed by atoms with Gasteiger partial charge in [-0.1, -0.05) is 157 Å². The Labute approximate surface area is 481 Å². The minimum Gasteiger partial charge on any atom is -0.368 e. The van der Waals surface area contributed by atoms with Crippen molar-refractivity contribution in [3.63, 3.8) is 0 Å². The Hall–Kier alpha value is -2.41. The van der Waals surface area contributed by atoms with Crippen molar-refractivity contribution in [1.82, 2.24) is 10.6 Å². The molecule has 2 aliphatic rings. The van der Waals surface area contributed by atoms with Crippen LogP contribution in [0.25, 0.3) is 0 Å². The molecule has 0 spiro atoms. The van der Waals surface area contributed by atoms with E-state index in [1.807, 2.05) is 0 Å². The topological polar surface area (TPSA) is 249 Å². The number of amides is 2. The predicted molar refractivity (Wildman–Crippen MR) is 284 cm³/mol. The van der Waals surface area contributed by atoms with Crippen LogP contribution in [0.5, 0.6) is 0 Å². The molecule has 0 unspecified atom stereocenters. The first-order valence-corrected chi connectivity index (χ1v) is 34.1. The van der Waals surface area contributed by atoms with Gasteiger partial charge in [0.15, 0.2) is 4.30 Å². The summed E-state index contributed by atoms with van der Waals surface area (Å²) < 4.78 is 158. The fourth-order valence-electron chi connectivity index (χ4n) is 6.25. The highest BCUT2D eigenvalue weighted by Gasteiger charge is 2.66. The summed E-state index contributed by atoms with van der Waals surface area (Å²) in [6, 6.07) is 12.3. The number of nitrogens with zero attached hydrogens (tertiary/aromatic N) is 4. The molecule has 0 aliphatic carbocycles. The van der Waals surface area contributed by atoms with E-state index < -0.39 is 103 Å². The van der Waals surface area contributed by atoms with Gasteiger partial charge in [0.25, 0.3) is 0 Å².